The minimum Gasteiger partial charge on any atom is -0.373 e. The zero-order chi connectivity index (χ0) is 10.5. The van der Waals surface area contributed by atoms with E-state index in [0.29, 0.717) is 0 Å². The molecule has 0 radical (unpaired) electrons. The van der Waals surface area contributed by atoms with E-state index in [-0.39, 0.29) is 5.60 Å². The highest BCUT2D eigenvalue weighted by Gasteiger charge is 2.46. The van der Waals surface area contributed by atoms with Gasteiger partial charge in [-0.3, -0.25) is 0 Å². The van der Waals surface area contributed by atoms with E-state index < -0.39 is 0 Å². The van der Waals surface area contributed by atoms with Gasteiger partial charge in [-0.15, -0.1) is 0 Å². The average molecular weight is 201 g/mol. The van der Waals surface area contributed by atoms with Crippen LogP contribution in [0.3, 0.4) is 0 Å². The van der Waals surface area contributed by atoms with Crippen molar-refractivity contribution >= 4 is 10.9 Å². The Bertz CT molecular complexity index is 508. The molecule has 1 fully saturated rings. The molecule has 78 valence electrons. The largest absolute Gasteiger partial charge is 0.373 e. The molecule has 3 rings (SSSR count). The summed E-state index contributed by atoms with van der Waals surface area (Å²) in [6.45, 7) is 0. The Morgan fingerprint density at radius 3 is 2.67 bits per heavy atom. The molecule has 2 nitrogen and oxygen atoms in total. The lowest BCUT2D eigenvalue weighted by molar-refractivity contribution is 0.0800. The third kappa shape index (κ3) is 1.15. The molecule has 0 bridgehead atoms. The molecule has 1 aromatic heterocycles. The van der Waals surface area contributed by atoms with Crippen LogP contribution >= 0.6 is 0 Å². The van der Waals surface area contributed by atoms with Crippen molar-refractivity contribution < 1.29 is 4.74 Å². The SMILES string of the molecule is COC1(c2cn(C)c3ccccc23)CC1. The second kappa shape index (κ2) is 2.86. The van der Waals surface area contributed by atoms with Crippen molar-refractivity contribution in [1.29, 1.82) is 0 Å². The van der Waals surface area contributed by atoms with Crippen LogP contribution in [0.2, 0.25) is 0 Å². The number of rotatable bonds is 2. The van der Waals surface area contributed by atoms with E-state index in [0.717, 1.165) is 12.8 Å². The number of ether oxygens (including phenoxy) is 1. The van der Waals surface area contributed by atoms with Crippen molar-refractivity contribution in [3.63, 3.8) is 0 Å². The van der Waals surface area contributed by atoms with Gasteiger partial charge in [0.1, 0.15) is 0 Å². The summed E-state index contributed by atoms with van der Waals surface area (Å²) in [5.41, 5.74) is 2.65. The van der Waals surface area contributed by atoms with Gasteiger partial charge in [0.05, 0.1) is 5.60 Å². The Labute approximate surface area is 89.5 Å². The van der Waals surface area contributed by atoms with Gasteiger partial charge in [0.25, 0.3) is 0 Å². The number of fused-ring (bicyclic) bond motifs is 1. The van der Waals surface area contributed by atoms with Gasteiger partial charge in [0.2, 0.25) is 0 Å². The average Bonchev–Trinajstić information content (AvgIpc) is 3.00. The molecular weight excluding hydrogens is 186 g/mol. The van der Waals surface area contributed by atoms with Crippen LogP contribution in [0.5, 0.6) is 0 Å². The highest BCUT2D eigenvalue weighted by molar-refractivity contribution is 5.85. The van der Waals surface area contributed by atoms with Gasteiger partial charge in [-0.25, -0.2) is 0 Å². The summed E-state index contributed by atoms with van der Waals surface area (Å²) >= 11 is 0. The highest BCUT2D eigenvalue weighted by Crippen LogP contribution is 2.51. The topological polar surface area (TPSA) is 14.2 Å². The molecule has 0 unspecified atom stereocenters. The molecule has 1 heterocycles. The predicted molar refractivity (Wildman–Crippen MR) is 60.8 cm³/mol. The first-order valence-electron chi connectivity index (χ1n) is 5.36. The zero-order valence-electron chi connectivity index (χ0n) is 9.16. The minimum absolute atomic E-state index is 0.0147. The van der Waals surface area contributed by atoms with Gasteiger partial charge in [0, 0.05) is 36.8 Å². The Hall–Kier alpha value is -1.28. The quantitative estimate of drug-likeness (QED) is 0.728. The maximum absolute atomic E-state index is 5.64. The Kier molecular flexibility index (Phi) is 1.71. The normalized spacial score (nSPS) is 18.3. The van der Waals surface area contributed by atoms with E-state index in [9.17, 15) is 0 Å². The van der Waals surface area contributed by atoms with Gasteiger partial charge >= 0.3 is 0 Å². The molecule has 0 atom stereocenters. The van der Waals surface area contributed by atoms with Crippen LogP contribution in [0, 0.1) is 0 Å². The molecule has 15 heavy (non-hydrogen) atoms. The molecule has 1 aliphatic carbocycles. The number of hydrogen-bond acceptors (Lipinski definition) is 1. The van der Waals surface area contributed by atoms with E-state index >= 15 is 0 Å². The Morgan fingerprint density at radius 1 is 1.27 bits per heavy atom. The lowest BCUT2D eigenvalue weighted by atomic mass is 10.1. The first-order valence-corrected chi connectivity index (χ1v) is 5.36. The summed E-state index contributed by atoms with van der Waals surface area (Å²) in [4.78, 5) is 0. The van der Waals surface area contributed by atoms with Gasteiger partial charge in [-0.05, 0) is 18.9 Å². The van der Waals surface area contributed by atoms with Crippen molar-refractivity contribution in [3.8, 4) is 0 Å². The maximum atomic E-state index is 5.64. The van der Waals surface area contributed by atoms with E-state index in [2.05, 4.69) is 42.1 Å². The smallest absolute Gasteiger partial charge is 0.0950 e. The summed E-state index contributed by atoms with van der Waals surface area (Å²) in [7, 11) is 3.91. The molecule has 1 aromatic carbocycles. The first kappa shape index (κ1) is 8.98. The molecule has 2 aromatic rings. The van der Waals surface area contributed by atoms with E-state index in [4.69, 9.17) is 4.74 Å². The van der Waals surface area contributed by atoms with Crippen LogP contribution in [0.25, 0.3) is 10.9 Å². The molecule has 0 N–H and O–H groups in total. The fraction of sp³-hybridized carbons (Fsp3) is 0.385. The van der Waals surface area contributed by atoms with Crippen LogP contribution in [0.4, 0.5) is 0 Å². The number of aryl methyl sites for hydroxylation is 1. The van der Waals surface area contributed by atoms with Crippen molar-refractivity contribution in [2.24, 2.45) is 7.05 Å². The Morgan fingerprint density at radius 2 is 2.00 bits per heavy atom. The third-order valence-corrected chi connectivity index (χ3v) is 3.48. The monoisotopic (exact) mass is 201 g/mol. The van der Waals surface area contributed by atoms with Crippen LogP contribution in [0.15, 0.2) is 30.5 Å². The summed E-state index contributed by atoms with van der Waals surface area (Å²) in [5, 5.41) is 1.33. The minimum atomic E-state index is 0.0147. The van der Waals surface area contributed by atoms with Crippen molar-refractivity contribution in [3.05, 3.63) is 36.0 Å². The van der Waals surface area contributed by atoms with Crippen LogP contribution in [-0.2, 0) is 17.4 Å². The third-order valence-electron chi connectivity index (χ3n) is 3.48. The standard InChI is InChI=1S/C13H15NO/c1-14-9-11(13(15-2)7-8-13)10-5-3-4-6-12(10)14/h3-6,9H,7-8H2,1-2H3. The number of benzene rings is 1. The van der Waals surface area contributed by atoms with E-state index in [1.807, 2.05) is 7.11 Å². The van der Waals surface area contributed by atoms with Gasteiger partial charge in [-0.1, -0.05) is 18.2 Å². The highest BCUT2D eigenvalue weighted by atomic mass is 16.5. The van der Waals surface area contributed by atoms with E-state index in [1.54, 1.807) is 0 Å². The molecule has 1 saturated carbocycles. The van der Waals surface area contributed by atoms with Gasteiger partial charge < -0.3 is 9.30 Å². The maximum Gasteiger partial charge on any atom is 0.0950 e. The molecule has 0 saturated heterocycles. The summed E-state index contributed by atoms with van der Waals surface area (Å²) in [6.07, 6.45) is 4.51. The molecule has 0 aliphatic heterocycles. The van der Waals surface area contributed by atoms with Crippen molar-refractivity contribution in [1.82, 2.24) is 4.57 Å². The lowest BCUT2D eigenvalue weighted by Gasteiger charge is -2.11. The predicted octanol–water partition coefficient (Wildman–Crippen LogP) is 2.81. The molecule has 0 amide bonds. The second-order valence-corrected chi connectivity index (χ2v) is 4.37. The fourth-order valence-electron chi connectivity index (χ4n) is 2.40. The zero-order valence-corrected chi connectivity index (χ0v) is 9.16. The molecule has 0 spiro atoms. The molecular formula is C13H15NO. The first-order chi connectivity index (χ1) is 7.27. The number of aromatic nitrogens is 1. The lowest BCUT2D eigenvalue weighted by Crippen LogP contribution is -2.07. The summed E-state index contributed by atoms with van der Waals surface area (Å²) in [6, 6.07) is 8.52. The Balaban J connectivity index is 2.28. The molecule has 2 heteroatoms. The molecule has 1 aliphatic rings. The summed E-state index contributed by atoms with van der Waals surface area (Å²) in [5.74, 6) is 0. The van der Waals surface area contributed by atoms with Gasteiger partial charge in [-0.2, -0.15) is 0 Å². The van der Waals surface area contributed by atoms with Crippen LogP contribution < -0.4 is 0 Å². The van der Waals surface area contributed by atoms with Crippen molar-refractivity contribution in [2.75, 3.05) is 7.11 Å². The summed E-state index contributed by atoms with van der Waals surface area (Å²) < 4.78 is 7.83. The van der Waals surface area contributed by atoms with Crippen molar-refractivity contribution in [2.45, 2.75) is 18.4 Å². The van der Waals surface area contributed by atoms with Gasteiger partial charge in [0.15, 0.2) is 0 Å². The number of nitrogens with zero attached hydrogens (tertiary/aromatic N) is 1. The number of hydrogen-bond donors (Lipinski definition) is 0. The number of methoxy groups -OCH3 is 1. The van der Waals surface area contributed by atoms with Crippen LogP contribution in [-0.4, -0.2) is 11.7 Å². The van der Waals surface area contributed by atoms with Crippen LogP contribution in [0.1, 0.15) is 18.4 Å². The fourth-order valence-corrected chi connectivity index (χ4v) is 2.40. The van der Waals surface area contributed by atoms with E-state index in [1.165, 1.54) is 16.5 Å². The number of para-hydroxylation sites is 1. The second-order valence-electron chi connectivity index (χ2n) is 4.37.